The Morgan fingerprint density at radius 1 is 1.38 bits per heavy atom. The predicted octanol–water partition coefficient (Wildman–Crippen LogP) is 2.83. The number of rotatable bonds is 3. The molecule has 0 amide bonds. The number of hydrogen-bond donors (Lipinski definition) is 2. The lowest BCUT2D eigenvalue weighted by Gasteiger charge is -2.34. The van der Waals surface area contributed by atoms with Crippen LogP contribution in [0.1, 0.15) is 30.1 Å². The number of thiazole rings is 1. The molecule has 4 rings (SSSR count). The predicted molar refractivity (Wildman–Crippen MR) is 79.6 cm³/mol. The van der Waals surface area contributed by atoms with Gasteiger partial charge in [0, 0.05) is 17.1 Å². The molecule has 0 bridgehead atoms. The Labute approximate surface area is 125 Å². The average Bonchev–Trinajstić information content (AvgIpc) is 3.14. The second-order valence-corrected chi connectivity index (χ2v) is 6.55. The molecule has 0 radical (unpaired) electrons. The van der Waals surface area contributed by atoms with E-state index in [-0.39, 0.29) is 0 Å². The Hall–Kier alpha value is -1.99. The molecule has 3 heterocycles. The molecule has 0 saturated heterocycles. The zero-order valence-electron chi connectivity index (χ0n) is 11.6. The van der Waals surface area contributed by atoms with Crippen LogP contribution in [-0.2, 0) is 5.54 Å². The first-order valence-corrected chi connectivity index (χ1v) is 7.76. The van der Waals surface area contributed by atoms with Gasteiger partial charge in [0.05, 0.1) is 16.2 Å². The maximum Gasteiger partial charge on any atom is 0.274 e. The second kappa shape index (κ2) is 4.51. The molecule has 1 fully saturated rings. The number of hydrogen-bond acceptors (Lipinski definition) is 6. The van der Waals surface area contributed by atoms with E-state index in [2.05, 4.69) is 20.1 Å². The van der Waals surface area contributed by atoms with Crippen molar-refractivity contribution in [2.45, 2.75) is 31.7 Å². The molecule has 7 heteroatoms. The SMILES string of the molecule is Cc1nc(-c2c[nH]c(-c3nc(C4(N)CCC4)no3)c2)cs1. The van der Waals surface area contributed by atoms with Crippen LogP contribution in [0.3, 0.4) is 0 Å². The van der Waals surface area contributed by atoms with Crippen LogP contribution in [0.2, 0.25) is 0 Å². The third-order valence-corrected chi connectivity index (χ3v) is 4.72. The third-order valence-electron chi connectivity index (χ3n) is 3.95. The molecule has 1 saturated carbocycles. The fourth-order valence-corrected chi connectivity index (χ4v) is 3.10. The molecule has 21 heavy (non-hydrogen) atoms. The third kappa shape index (κ3) is 2.09. The molecule has 0 aromatic carbocycles. The average molecular weight is 301 g/mol. The summed E-state index contributed by atoms with van der Waals surface area (Å²) in [4.78, 5) is 12.1. The molecule has 108 valence electrons. The van der Waals surface area contributed by atoms with Crippen LogP contribution >= 0.6 is 11.3 Å². The van der Waals surface area contributed by atoms with E-state index in [9.17, 15) is 0 Å². The minimum Gasteiger partial charge on any atom is -0.357 e. The number of aromatic amines is 1. The van der Waals surface area contributed by atoms with Gasteiger partial charge in [0.15, 0.2) is 5.82 Å². The molecular formula is C14H15N5OS. The molecule has 0 spiro atoms. The van der Waals surface area contributed by atoms with Crippen LogP contribution in [0.5, 0.6) is 0 Å². The molecule has 6 nitrogen and oxygen atoms in total. The fourth-order valence-electron chi connectivity index (χ4n) is 2.48. The van der Waals surface area contributed by atoms with Crippen LogP contribution in [0.4, 0.5) is 0 Å². The molecule has 3 N–H and O–H groups in total. The summed E-state index contributed by atoms with van der Waals surface area (Å²) in [5, 5.41) is 7.10. The lowest BCUT2D eigenvalue weighted by atomic mass is 9.77. The summed E-state index contributed by atoms with van der Waals surface area (Å²) in [6.07, 6.45) is 4.85. The normalized spacial score (nSPS) is 16.9. The molecule has 0 aliphatic heterocycles. The summed E-state index contributed by atoms with van der Waals surface area (Å²) in [7, 11) is 0. The van der Waals surface area contributed by atoms with Gasteiger partial charge in [-0.2, -0.15) is 4.98 Å². The van der Waals surface area contributed by atoms with Crippen molar-refractivity contribution in [1.29, 1.82) is 0 Å². The smallest absolute Gasteiger partial charge is 0.274 e. The van der Waals surface area contributed by atoms with Gasteiger partial charge in [-0.05, 0) is 32.3 Å². The molecule has 0 unspecified atom stereocenters. The van der Waals surface area contributed by atoms with Crippen LogP contribution in [-0.4, -0.2) is 20.1 Å². The van der Waals surface area contributed by atoms with Gasteiger partial charge in [-0.3, -0.25) is 0 Å². The van der Waals surface area contributed by atoms with Crippen molar-refractivity contribution >= 4 is 11.3 Å². The van der Waals surface area contributed by atoms with Crippen LogP contribution in [0.15, 0.2) is 22.2 Å². The van der Waals surface area contributed by atoms with Gasteiger partial charge in [0.2, 0.25) is 0 Å². The van der Waals surface area contributed by atoms with E-state index in [1.807, 2.05) is 24.6 Å². The van der Waals surface area contributed by atoms with E-state index < -0.39 is 5.54 Å². The number of nitrogens with zero attached hydrogens (tertiary/aromatic N) is 3. The minimum atomic E-state index is -0.400. The Morgan fingerprint density at radius 3 is 2.90 bits per heavy atom. The quantitative estimate of drug-likeness (QED) is 0.775. The topological polar surface area (TPSA) is 93.6 Å². The van der Waals surface area contributed by atoms with Crippen molar-refractivity contribution in [2.24, 2.45) is 5.73 Å². The van der Waals surface area contributed by atoms with E-state index in [1.165, 1.54) is 0 Å². The standard InChI is InChI=1S/C14H15N5OS/c1-8-17-11(7-21-8)9-5-10(16-6-9)12-18-13(19-20-12)14(15)3-2-4-14/h5-7,16H,2-4,15H2,1H3. The number of nitrogens with two attached hydrogens (primary N) is 1. The Morgan fingerprint density at radius 2 is 2.24 bits per heavy atom. The van der Waals surface area contributed by atoms with Gasteiger partial charge in [0.25, 0.3) is 5.89 Å². The lowest BCUT2D eigenvalue weighted by molar-refractivity contribution is 0.229. The monoisotopic (exact) mass is 301 g/mol. The molecule has 0 atom stereocenters. The van der Waals surface area contributed by atoms with Gasteiger partial charge in [-0.25, -0.2) is 4.98 Å². The molecule has 1 aliphatic rings. The van der Waals surface area contributed by atoms with Crippen molar-refractivity contribution in [2.75, 3.05) is 0 Å². The molecule has 3 aromatic heterocycles. The van der Waals surface area contributed by atoms with Crippen LogP contribution in [0, 0.1) is 6.92 Å². The summed E-state index contributed by atoms with van der Waals surface area (Å²) < 4.78 is 5.34. The summed E-state index contributed by atoms with van der Waals surface area (Å²) in [5.74, 6) is 1.07. The first-order valence-electron chi connectivity index (χ1n) is 6.88. The largest absolute Gasteiger partial charge is 0.357 e. The zero-order chi connectivity index (χ0) is 14.4. The Balaban J connectivity index is 1.64. The number of H-pyrrole nitrogens is 1. The summed E-state index contributed by atoms with van der Waals surface area (Å²) in [6, 6.07) is 1.97. The van der Waals surface area contributed by atoms with Gasteiger partial charge in [-0.1, -0.05) is 5.16 Å². The second-order valence-electron chi connectivity index (χ2n) is 5.49. The highest BCUT2D eigenvalue weighted by Crippen LogP contribution is 2.37. The van der Waals surface area contributed by atoms with Gasteiger partial charge < -0.3 is 15.2 Å². The van der Waals surface area contributed by atoms with Crippen molar-refractivity contribution < 1.29 is 4.52 Å². The highest BCUT2D eigenvalue weighted by molar-refractivity contribution is 7.09. The maximum atomic E-state index is 6.21. The van der Waals surface area contributed by atoms with E-state index in [0.717, 1.165) is 41.2 Å². The number of aromatic nitrogens is 4. The van der Waals surface area contributed by atoms with E-state index in [1.54, 1.807) is 11.3 Å². The first-order chi connectivity index (χ1) is 10.1. The summed E-state index contributed by atoms with van der Waals surface area (Å²) in [6.45, 7) is 1.99. The molecular weight excluding hydrogens is 286 g/mol. The minimum absolute atomic E-state index is 0.400. The number of nitrogens with one attached hydrogen (secondary N) is 1. The molecule has 3 aromatic rings. The summed E-state index contributed by atoms with van der Waals surface area (Å²) in [5.41, 5.74) is 8.57. The fraction of sp³-hybridized carbons (Fsp3) is 0.357. The van der Waals surface area contributed by atoms with Crippen molar-refractivity contribution in [3.05, 3.63) is 28.5 Å². The van der Waals surface area contributed by atoms with E-state index in [0.29, 0.717) is 11.7 Å². The highest BCUT2D eigenvalue weighted by atomic mass is 32.1. The van der Waals surface area contributed by atoms with Gasteiger partial charge >= 0.3 is 0 Å². The lowest BCUT2D eigenvalue weighted by Crippen LogP contribution is -2.44. The Kier molecular flexibility index (Phi) is 2.73. The van der Waals surface area contributed by atoms with Gasteiger partial charge in [0.1, 0.15) is 5.69 Å². The van der Waals surface area contributed by atoms with Gasteiger partial charge in [-0.15, -0.1) is 11.3 Å². The highest BCUT2D eigenvalue weighted by Gasteiger charge is 2.39. The van der Waals surface area contributed by atoms with E-state index in [4.69, 9.17) is 10.3 Å². The number of aryl methyl sites for hydroxylation is 1. The maximum absolute atomic E-state index is 6.21. The van der Waals surface area contributed by atoms with Crippen molar-refractivity contribution in [1.82, 2.24) is 20.1 Å². The van der Waals surface area contributed by atoms with Crippen LogP contribution < -0.4 is 5.73 Å². The molecule has 1 aliphatic carbocycles. The summed E-state index contributed by atoms with van der Waals surface area (Å²) >= 11 is 1.63. The Bertz CT molecular complexity index is 783. The van der Waals surface area contributed by atoms with Crippen molar-refractivity contribution in [3.8, 4) is 22.8 Å². The van der Waals surface area contributed by atoms with Crippen LogP contribution in [0.25, 0.3) is 22.8 Å². The first kappa shape index (κ1) is 12.7. The zero-order valence-corrected chi connectivity index (χ0v) is 12.4. The van der Waals surface area contributed by atoms with E-state index >= 15 is 0 Å². The van der Waals surface area contributed by atoms with Crippen molar-refractivity contribution in [3.63, 3.8) is 0 Å².